The van der Waals surface area contributed by atoms with Gasteiger partial charge in [0.05, 0.1) is 5.56 Å². The van der Waals surface area contributed by atoms with Gasteiger partial charge in [-0.2, -0.15) is 0 Å². The van der Waals surface area contributed by atoms with Crippen molar-refractivity contribution < 1.29 is 18.7 Å². The maximum absolute atomic E-state index is 13.1. The highest BCUT2D eigenvalue weighted by Crippen LogP contribution is 2.40. The van der Waals surface area contributed by atoms with Crippen molar-refractivity contribution in [1.82, 2.24) is 4.57 Å². The summed E-state index contributed by atoms with van der Waals surface area (Å²) < 4.78 is 27.0. The molecule has 0 N–H and O–H groups in total. The van der Waals surface area contributed by atoms with Crippen LogP contribution in [-0.2, 0) is 13.7 Å². The van der Waals surface area contributed by atoms with Gasteiger partial charge < -0.3 is 14.0 Å². The van der Waals surface area contributed by atoms with E-state index >= 15 is 0 Å². The molecule has 154 valence electrons. The van der Waals surface area contributed by atoms with Gasteiger partial charge in [-0.3, -0.25) is 4.79 Å². The predicted octanol–water partition coefficient (Wildman–Crippen LogP) is 5.82. The molecule has 1 aliphatic rings. The fourth-order valence-electron chi connectivity index (χ4n) is 3.90. The Morgan fingerprint density at radius 3 is 2.65 bits per heavy atom. The van der Waals surface area contributed by atoms with Crippen LogP contribution in [0.2, 0.25) is 0 Å². The lowest BCUT2D eigenvalue weighted by atomic mass is 10.1. The summed E-state index contributed by atoms with van der Waals surface area (Å²) in [6, 6.07) is 17.7. The summed E-state index contributed by atoms with van der Waals surface area (Å²) in [7, 11) is 1.98. The number of hydrogen-bond donors (Lipinski definition) is 0. The number of carbonyl (C=O) groups is 1. The van der Waals surface area contributed by atoms with E-state index in [0.717, 1.165) is 27.6 Å². The Kier molecular flexibility index (Phi) is 4.59. The molecule has 0 unspecified atom stereocenters. The van der Waals surface area contributed by atoms with Crippen LogP contribution in [0, 0.1) is 12.7 Å². The average Bonchev–Trinajstić information content (AvgIpc) is 3.27. The van der Waals surface area contributed by atoms with Gasteiger partial charge in [0.25, 0.3) is 0 Å². The lowest BCUT2D eigenvalue weighted by molar-refractivity contribution is 0.101. The van der Waals surface area contributed by atoms with E-state index in [9.17, 15) is 9.18 Å². The fourth-order valence-corrected chi connectivity index (χ4v) is 3.90. The van der Waals surface area contributed by atoms with Crippen LogP contribution in [-0.4, -0.2) is 10.4 Å². The van der Waals surface area contributed by atoms with Crippen LogP contribution in [0.3, 0.4) is 0 Å². The first-order valence-corrected chi connectivity index (χ1v) is 10.0. The molecule has 5 heteroatoms. The maximum atomic E-state index is 13.1. The lowest BCUT2D eigenvalue weighted by Gasteiger charge is -2.11. The average molecular weight is 413 g/mol. The summed E-state index contributed by atoms with van der Waals surface area (Å²) in [6.45, 7) is 2.17. The summed E-state index contributed by atoms with van der Waals surface area (Å²) in [6.07, 6.45) is 3.78. The maximum Gasteiger partial charge on any atom is 0.231 e. The molecular weight excluding hydrogens is 393 g/mol. The number of ketones is 1. The molecule has 4 aromatic rings. The Labute approximate surface area is 179 Å². The van der Waals surface area contributed by atoms with Crippen LogP contribution in [0.5, 0.6) is 11.5 Å². The molecule has 0 saturated heterocycles. The second-order valence-corrected chi connectivity index (χ2v) is 7.63. The minimum Gasteiger partial charge on any atom is -0.488 e. The lowest BCUT2D eigenvalue weighted by Crippen LogP contribution is -1.98. The van der Waals surface area contributed by atoms with Crippen molar-refractivity contribution >= 4 is 22.8 Å². The Morgan fingerprint density at radius 1 is 1.06 bits per heavy atom. The third kappa shape index (κ3) is 3.38. The van der Waals surface area contributed by atoms with E-state index < -0.39 is 0 Å². The van der Waals surface area contributed by atoms with Crippen LogP contribution >= 0.6 is 0 Å². The summed E-state index contributed by atoms with van der Waals surface area (Å²) in [4.78, 5) is 12.9. The van der Waals surface area contributed by atoms with E-state index in [0.29, 0.717) is 29.4 Å². The number of carbonyl (C=O) groups excluding carboxylic acids is 1. The molecule has 0 spiro atoms. The SMILES string of the molecule is Cc1c(OCc2ccc(F)cc2)ccc2c1O/C(=C/c1cn(C)c3ccccc13)C2=O. The van der Waals surface area contributed by atoms with Crippen molar-refractivity contribution in [1.29, 1.82) is 0 Å². The molecule has 31 heavy (non-hydrogen) atoms. The second-order valence-electron chi connectivity index (χ2n) is 7.63. The van der Waals surface area contributed by atoms with Crippen LogP contribution in [0.15, 0.2) is 72.6 Å². The molecule has 3 aromatic carbocycles. The fraction of sp³-hybridized carbons (Fsp3) is 0.115. The van der Waals surface area contributed by atoms with Crippen molar-refractivity contribution in [3.63, 3.8) is 0 Å². The first kappa shape index (κ1) is 19.1. The number of aromatic nitrogens is 1. The van der Waals surface area contributed by atoms with E-state index in [1.54, 1.807) is 30.3 Å². The van der Waals surface area contributed by atoms with Crippen molar-refractivity contribution in [2.24, 2.45) is 7.05 Å². The van der Waals surface area contributed by atoms with Gasteiger partial charge in [0.1, 0.15) is 23.9 Å². The molecular formula is C26H20FNO3. The number of para-hydroxylation sites is 1. The molecule has 0 aliphatic carbocycles. The zero-order valence-electron chi connectivity index (χ0n) is 17.2. The number of fused-ring (bicyclic) bond motifs is 2. The van der Waals surface area contributed by atoms with Crippen LogP contribution < -0.4 is 9.47 Å². The molecule has 0 atom stereocenters. The highest BCUT2D eigenvalue weighted by molar-refractivity contribution is 6.15. The molecule has 0 radical (unpaired) electrons. The van der Waals surface area contributed by atoms with E-state index in [1.165, 1.54) is 12.1 Å². The smallest absolute Gasteiger partial charge is 0.231 e. The van der Waals surface area contributed by atoms with Gasteiger partial charge in [0, 0.05) is 35.3 Å². The Bertz CT molecular complexity index is 1350. The van der Waals surface area contributed by atoms with Crippen molar-refractivity contribution in [3.05, 3.63) is 101 Å². The van der Waals surface area contributed by atoms with Gasteiger partial charge in [0.15, 0.2) is 5.76 Å². The Morgan fingerprint density at radius 2 is 1.84 bits per heavy atom. The number of Topliss-reactive ketones (excluding diaryl/α,β-unsaturated/α-hetero) is 1. The minimum absolute atomic E-state index is 0.142. The number of ether oxygens (including phenoxy) is 2. The normalized spacial score (nSPS) is 14.2. The van der Waals surface area contributed by atoms with E-state index in [2.05, 4.69) is 0 Å². The molecule has 0 fully saturated rings. The summed E-state index contributed by atoms with van der Waals surface area (Å²) in [5, 5.41) is 1.06. The Hall–Kier alpha value is -3.86. The summed E-state index contributed by atoms with van der Waals surface area (Å²) >= 11 is 0. The van der Waals surface area contributed by atoms with Crippen LogP contribution in [0.1, 0.15) is 27.0 Å². The summed E-state index contributed by atoms with van der Waals surface area (Å²) in [5.74, 6) is 1.02. The summed E-state index contributed by atoms with van der Waals surface area (Å²) in [5.41, 5.74) is 4.16. The Balaban J connectivity index is 1.43. The first-order chi connectivity index (χ1) is 15.0. The quantitative estimate of drug-likeness (QED) is 0.396. The number of aryl methyl sites for hydroxylation is 1. The predicted molar refractivity (Wildman–Crippen MR) is 118 cm³/mol. The van der Waals surface area contributed by atoms with E-state index in [1.807, 2.05) is 49.0 Å². The largest absolute Gasteiger partial charge is 0.488 e. The molecule has 0 amide bonds. The van der Waals surface area contributed by atoms with Gasteiger partial charge in [-0.25, -0.2) is 4.39 Å². The third-order valence-corrected chi connectivity index (χ3v) is 5.56. The number of allylic oxidation sites excluding steroid dienone is 1. The molecule has 2 heterocycles. The van der Waals surface area contributed by atoms with Crippen molar-refractivity contribution in [2.45, 2.75) is 13.5 Å². The minimum atomic E-state index is -0.283. The number of halogens is 1. The zero-order chi connectivity index (χ0) is 21.5. The third-order valence-electron chi connectivity index (χ3n) is 5.56. The van der Waals surface area contributed by atoms with Gasteiger partial charge in [-0.15, -0.1) is 0 Å². The van der Waals surface area contributed by atoms with Gasteiger partial charge >= 0.3 is 0 Å². The second kappa shape index (κ2) is 7.43. The molecule has 1 aliphatic heterocycles. The number of nitrogens with zero attached hydrogens (tertiary/aromatic N) is 1. The monoisotopic (exact) mass is 413 g/mol. The number of benzene rings is 3. The van der Waals surface area contributed by atoms with Crippen molar-refractivity contribution in [3.8, 4) is 11.5 Å². The molecule has 1 aromatic heterocycles. The molecule has 0 saturated carbocycles. The van der Waals surface area contributed by atoms with Crippen LogP contribution in [0.4, 0.5) is 4.39 Å². The topological polar surface area (TPSA) is 40.5 Å². The molecule has 5 rings (SSSR count). The zero-order valence-corrected chi connectivity index (χ0v) is 17.2. The molecule has 0 bridgehead atoms. The van der Waals surface area contributed by atoms with Crippen LogP contribution in [0.25, 0.3) is 17.0 Å². The first-order valence-electron chi connectivity index (χ1n) is 10.0. The van der Waals surface area contributed by atoms with Crippen molar-refractivity contribution in [2.75, 3.05) is 0 Å². The number of hydrogen-bond acceptors (Lipinski definition) is 3. The van der Waals surface area contributed by atoms with Gasteiger partial charge in [0.2, 0.25) is 5.78 Å². The standard InChI is InChI=1S/C26H20FNO3/c1-16-23(30-15-17-7-9-19(27)10-8-17)12-11-21-25(29)24(31-26(16)21)13-18-14-28(2)22-6-4-3-5-20(18)22/h3-14H,15H2,1-2H3/b24-13+. The molecule has 4 nitrogen and oxygen atoms in total. The van der Waals surface area contributed by atoms with Gasteiger partial charge in [-0.1, -0.05) is 30.3 Å². The highest BCUT2D eigenvalue weighted by atomic mass is 19.1. The van der Waals surface area contributed by atoms with Gasteiger partial charge in [-0.05, 0) is 48.9 Å². The van der Waals surface area contributed by atoms with E-state index in [4.69, 9.17) is 9.47 Å². The van der Waals surface area contributed by atoms with E-state index in [-0.39, 0.29) is 11.6 Å². The number of rotatable bonds is 4. The highest BCUT2D eigenvalue weighted by Gasteiger charge is 2.30.